The number of piperidine rings is 1. The van der Waals surface area contributed by atoms with Crippen molar-refractivity contribution >= 4 is 11.8 Å². The molecule has 0 saturated carbocycles. The molecule has 1 heterocycles. The summed E-state index contributed by atoms with van der Waals surface area (Å²) < 4.78 is 0. The van der Waals surface area contributed by atoms with E-state index in [1.54, 1.807) is 0 Å². The summed E-state index contributed by atoms with van der Waals surface area (Å²) in [6.45, 7) is 9.06. The van der Waals surface area contributed by atoms with E-state index in [4.69, 9.17) is 0 Å². The molecule has 1 N–H and O–H groups in total. The van der Waals surface area contributed by atoms with Crippen molar-refractivity contribution in [2.75, 3.05) is 13.1 Å². The van der Waals surface area contributed by atoms with E-state index in [0.717, 1.165) is 24.9 Å². The number of likely N-dealkylation sites (tertiary alicyclic amines) is 1. The number of hydrogen-bond acceptors (Lipinski definition) is 2. The second-order valence-electron chi connectivity index (χ2n) is 7.48. The summed E-state index contributed by atoms with van der Waals surface area (Å²) in [7, 11) is 0. The third-order valence-electron chi connectivity index (χ3n) is 4.38. The number of nitrogens with one attached hydrogen (secondary N) is 1. The summed E-state index contributed by atoms with van der Waals surface area (Å²) in [6, 6.07) is 9.93. The molecule has 1 saturated heterocycles. The topological polar surface area (TPSA) is 49.4 Å². The third-order valence-corrected chi connectivity index (χ3v) is 4.38. The van der Waals surface area contributed by atoms with E-state index in [-0.39, 0.29) is 23.8 Å². The summed E-state index contributed by atoms with van der Waals surface area (Å²) in [6.07, 6.45) is 1.74. The molecule has 0 spiro atoms. The van der Waals surface area contributed by atoms with Crippen LogP contribution in [0.4, 0.5) is 0 Å². The van der Waals surface area contributed by atoms with Crippen LogP contribution in [0.15, 0.2) is 30.3 Å². The van der Waals surface area contributed by atoms with Crippen LogP contribution in [0.2, 0.25) is 0 Å². The normalized spacial score (nSPS) is 20.0. The molecule has 4 nitrogen and oxygen atoms in total. The van der Waals surface area contributed by atoms with Crippen LogP contribution in [0, 0.1) is 11.3 Å². The van der Waals surface area contributed by atoms with Crippen molar-refractivity contribution in [2.45, 2.75) is 46.6 Å². The van der Waals surface area contributed by atoms with Crippen LogP contribution in [0.5, 0.6) is 0 Å². The number of carbonyl (C=O) groups is 2. The molecule has 1 aliphatic rings. The van der Waals surface area contributed by atoms with Gasteiger partial charge in [0.25, 0.3) is 0 Å². The van der Waals surface area contributed by atoms with E-state index in [1.165, 1.54) is 0 Å². The van der Waals surface area contributed by atoms with E-state index < -0.39 is 5.41 Å². The fraction of sp³-hybridized carbons (Fsp3) is 0.579. The van der Waals surface area contributed by atoms with Crippen molar-refractivity contribution in [2.24, 2.45) is 11.3 Å². The molecule has 0 aliphatic carbocycles. The van der Waals surface area contributed by atoms with Crippen molar-refractivity contribution in [3.63, 3.8) is 0 Å². The van der Waals surface area contributed by atoms with Crippen molar-refractivity contribution in [3.05, 3.63) is 35.9 Å². The second-order valence-corrected chi connectivity index (χ2v) is 7.48. The molecule has 1 fully saturated rings. The van der Waals surface area contributed by atoms with Gasteiger partial charge >= 0.3 is 0 Å². The van der Waals surface area contributed by atoms with Gasteiger partial charge in [-0.2, -0.15) is 0 Å². The molecule has 1 aromatic carbocycles. The first-order valence-electron chi connectivity index (χ1n) is 8.43. The first kappa shape index (κ1) is 17.5. The third kappa shape index (κ3) is 4.57. The molecule has 2 amide bonds. The molecule has 23 heavy (non-hydrogen) atoms. The van der Waals surface area contributed by atoms with Crippen LogP contribution in [-0.4, -0.2) is 29.8 Å². The zero-order chi connectivity index (χ0) is 17.0. The largest absolute Gasteiger partial charge is 0.349 e. The highest BCUT2D eigenvalue weighted by Gasteiger charge is 2.33. The lowest BCUT2D eigenvalue weighted by Crippen LogP contribution is -2.48. The van der Waals surface area contributed by atoms with E-state index >= 15 is 0 Å². The van der Waals surface area contributed by atoms with Crippen molar-refractivity contribution in [1.82, 2.24) is 10.2 Å². The quantitative estimate of drug-likeness (QED) is 0.931. The first-order valence-corrected chi connectivity index (χ1v) is 8.43. The zero-order valence-electron chi connectivity index (χ0n) is 14.6. The van der Waals surface area contributed by atoms with Gasteiger partial charge in [-0.05, 0) is 25.3 Å². The minimum Gasteiger partial charge on any atom is -0.349 e. The number of amides is 2. The van der Waals surface area contributed by atoms with Crippen molar-refractivity contribution < 1.29 is 9.59 Å². The Balaban J connectivity index is 1.96. The van der Waals surface area contributed by atoms with E-state index in [1.807, 2.05) is 62.9 Å². The van der Waals surface area contributed by atoms with Gasteiger partial charge < -0.3 is 10.2 Å². The van der Waals surface area contributed by atoms with E-state index in [0.29, 0.717) is 6.54 Å². The standard InChI is InChI=1S/C19H28N2O2/c1-14(15-9-6-5-7-10-15)20-17(22)16-11-8-12-21(13-16)18(23)19(2,3)4/h5-7,9-10,14,16H,8,11-13H2,1-4H3,(H,20,22)/t14-,16-/m1/s1. The fourth-order valence-electron chi connectivity index (χ4n) is 3.01. The average molecular weight is 316 g/mol. The highest BCUT2D eigenvalue weighted by Crippen LogP contribution is 2.24. The highest BCUT2D eigenvalue weighted by atomic mass is 16.2. The maximum atomic E-state index is 12.6. The lowest BCUT2D eigenvalue weighted by molar-refractivity contribution is -0.142. The van der Waals surface area contributed by atoms with Crippen LogP contribution in [0.1, 0.15) is 52.1 Å². The molecule has 0 radical (unpaired) electrons. The van der Waals surface area contributed by atoms with Gasteiger partial charge in [-0.15, -0.1) is 0 Å². The number of benzene rings is 1. The maximum Gasteiger partial charge on any atom is 0.227 e. The predicted octanol–water partition coefficient (Wildman–Crippen LogP) is 3.15. The fourth-order valence-corrected chi connectivity index (χ4v) is 3.01. The number of hydrogen-bond donors (Lipinski definition) is 1. The van der Waals surface area contributed by atoms with Crippen molar-refractivity contribution in [3.8, 4) is 0 Å². The van der Waals surface area contributed by atoms with Gasteiger partial charge in [0.05, 0.1) is 12.0 Å². The zero-order valence-corrected chi connectivity index (χ0v) is 14.6. The molecule has 4 heteroatoms. The van der Waals surface area contributed by atoms with Gasteiger partial charge in [0, 0.05) is 18.5 Å². The average Bonchev–Trinajstić information content (AvgIpc) is 2.54. The summed E-state index contributed by atoms with van der Waals surface area (Å²) in [5.74, 6) is 0.0695. The van der Waals surface area contributed by atoms with E-state index in [2.05, 4.69) is 5.32 Å². The highest BCUT2D eigenvalue weighted by molar-refractivity contribution is 5.84. The van der Waals surface area contributed by atoms with Gasteiger partial charge in [0.2, 0.25) is 11.8 Å². The summed E-state index contributed by atoms with van der Waals surface area (Å²) in [4.78, 5) is 26.8. The Morgan fingerprint density at radius 2 is 1.87 bits per heavy atom. The molecule has 2 rings (SSSR count). The van der Waals surface area contributed by atoms with Gasteiger partial charge in [-0.3, -0.25) is 9.59 Å². The molecule has 1 aliphatic heterocycles. The van der Waals surface area contributed by atoms with Crippen LogP contribution in [0.25, 0.3) is 0 Å². The minimum absolute atomic E-state index is 0.0163. The summed E-state index contributed by atoms with van der Waals surface area (Å²) in [5.41, 5.74) is 0.703. The first-order chi connectivity index (χ1) is 10.8. The predicted molar refractivity (Wildman–Crippen MR) is 91.8 cm³/mol. The summed E-state index contributed by atoms with van der Waals surface area (Å²) >= 11 is 0. The molecule has 1 aromatic rings. The minimum atomic E-state index is -0.393. The SMILES string of the molecule is C[C@@H](NC(=O)[C@@H]1CCCN(C(=O)C(C)(C)C)C1)c1ccccc1. The lowest BCUT2D eigenvalue weighted by Gasteiger charge is -2.36. The Kier molecular flexibility index (Phi) is 5.45. The Morgan fingerprint density at radius 3 is 2.48 bits per heavy atom. The number of rotatable bonds is 3. The van der Waals surface area contributed by atoms with Crippen LogP contribution < -0.4 is 5.32 Å². The van der Waals surface area contributed by atoms with Crippen LogP contribution in [0.3, 0.4) is 0 Å². The van der Waals surface area contributed by atoms with Gasteiger partial charge in [0.15, 0.2) is 0 Å². The molecule has 0 aromatic heterocycles. The Labute approximate surface area is 139 Å². The van der Waals surface area contributed by atoms with Crippen LogP contribution in [-0.2, 0) is 9.59 Å². The second kappa shape index (κ2) is 7.16. The Bertz CT molecular complexity index is 548. The maximum absolute atomic E-state index is 12.6. The van der Waals surface area contributed by atoms with Crippen molar-refractivity contribution in [1.29, 1.82) is 0 Å². The Morgan fingerprint density at radius 1 is 1.22 bits per heavy atom. The number of nitrogens with zero attached hydrogens (tertiary/aromatic N) is 1. The molecule has 0 unspecified atom stereocenters. The van der Waals surface area contributed by atoms with Gasteiger partial charge in [-0.1, -0.05) is 51.1 Å². The Hall–Kier alpha value is -1.84. The summed E-state index contributed by atoms with van der Waals surface area (Å²) in [5, 5.41) is 3.09. The van der Waals surface area contributed by atoms with Gasteiger partial charge in [0.1, 0.15) is 0 Å². The molecule has 126 valence electrons. The lowest BCUT2D eigenvalue weighted by atomic mass is 9.90. The van der Waals surface area contributed by atoms with Crippen LogP contribution >= 0.6 is 0 Å². The number of carbonyl (C=O) groups excluding carboxylic acids is 2. The monoisotopic (exact) mass is 316 g/mol. The molecule has 2 atom stereocenters. The smallest absolute Gasteiger partial charge is 0.227 e. The molecular formula is C19H28N2O2. The van der Waals surface area contributed by atoms with Gasteiger partial charge in [-0.25, -0.2) is 0 Å². The van der Waals surface area contributed by atoms with E-state index in [9.17, 15) is 9.59 Å². The molecular weight excluding hydrogens is 288 g/mol. The molecule has 0 bridgehead atoms.